The molecule has 3 aliphatic rings. The van der Waals surface area contributed by atoms with E-state index >= 15 is 0 Å². The normalized spacial score (nSPS) is 24.8. The second-order valence-corrected chi connectivity index (χ2v) is 9.62. The van der Waals surface area contributed by atoms with Gasteiger partial charge in [0.05, 0.1) is 23.3 Å². The summed E-state index contributed by atoms with van der Waals surface area (Å²) in [6, 6.07) is 9.01. The molecule has 0 radical (unpaired) electrons. The van der Waals surface area contributed by atoms with Gasteiger partial charge in [-0.2, -0.15) is 5.10 Å². The first-order chi connectivity index (χ1) is 15.1. The minimum Gasteiger partial charge on any atom is -0.354 e. The number of halogens is 1. The van der Waals surface area contributed by atoms with Gasteiger partial charge in [-0.3, -0.25) is 9.69 Å². The number of anilines is 1. The molecule has 2 aromatic rings. The molecule has 9 heteroatoms. The number of piperazine rings is 1. The Bertz CT molecular complexity index is 938. The fourth-order valence-corrected chi connectivity index (χ4v) is 5.77. The van der Waals surface area contributed by atoms with Crippen LogP contribution in [-0.2, 0) is 4.79 Å². The van der Waals surface area contributed by atoms with Crippen LogP contribution < -0.4 is 10.2 Å². The van der Waals surface area contributed by atoms with E-state index in [0.717, 1.165) is 74.5 Å². The van der Waals surface area contributed by atoms with Gasteiger partial charge in [0, 0.05) is 57.1 Å². The fraction of sp³-hybridized carbons (Fsp3) is 0.545. The number of carbonyl (C=O) groups is 1. The average Bonchev–Trinajstić information content (AvgIpc) is 3.54. The molecule has 3 fully saturated rings. The molecule has 0 saturated carbocycles. The summed E-state index contributed by atoms with van der Waals surface area (Å²) >= 11 is 1.83. The van der Waals surface area contributed by atoms with Gasteiger partial charge in [-0.05, 0) is 31.5 Å². The number of nitrogens with one attached hydrogen (secondary N) is 1. The molecule has 1 aromatic heterocycles. The van der Waals surface area contributed by atoms with Crippen LogP contribution in [-0.4, -0.2) is 88.5 Å². The predicted octanol–water partition coefficient (Wildman–Crippen LogP) is 1.71. The fourth-order valence-electron chi connectivity index (χ4n) is 4.82. The molecule has 0 bridgehead atoms. The Balaban J connectivity index is 1.21. The smallest absolute Gasteiger partial charge is 0.240 e. The lowest BCUT2D eigenvalue weighted by atomic mass is 10.1. The number of benzene rings is 1. The van der Waals surface area contributed by atoms with Crippen LogP contribution in [0.25, 0.3) is 5.69 Å². The number of carbonyl (C=O) groups excluding carboxylic acids is 1. The van der Waals surface area contributed by atoms with Crippen LogP contribution >= 0.6 is 11.8 Å². The standard InChI is InChI=1S/C22H29FN6OS/c1-16-11-21(29(25-16)18-4-2-3-17(23)12-18)27-7-5-26(6-8-27)19-13-20(24-14-19)22(30)28-9-10-31-15-28/h2-4,11-12,19-20,24H,5-10,13-15H2,1H3/t19-,20-/m0/s1. The van der Waals surface area contributed by atoms with E-state index in [4.69, 9.17) is 0 Å². The summed E-state index contributed by atoms with van der Waals surface area (Å²) < 4.78 is 15.6. The number of nitrogens with zero attached hydrogens (tertiary/aromatic N) is 5. The van der Waals surface area contributed by atoms with Crippen molar-refractivity contribution in [3.63, 3.8) is 0 Å². The number of aromatic nitrogens is 2. The Labute approximate surface area is 186 Å². The molecule has 1 N–H and O–H groups in total. The number of amides is 1. The van der Waals surface area contributed by atoms with Crippen LogP contribution in [0.4, 0.5) is 10.2 Å². The van der Waals surface area contributed by atoms with E-state index in [1.807, 2.05) is 34.3 Å². The van der Waals surface area contributed by atoms with E-state index < -0.39 is 0 Å². The lowest BCUT2D eigenvalue weighted by Gasteiger charge is -2.38. The number of hydrogen-bond acceptors (Lipinski definition) is 6. The van der Waals surface area contributed by atoms with Crippen LogP contribution in [0.2, 0.25) is 0 Å². The topological polar surface area (TPSA) is 56.6 Å². The van der Waals surface area contributed by atoms with Gasteiger partial charge in [0.1, 0.15) is 11.6 Å². The van der Waals surface area contributed by atoms with Gasteiger partial charge in [-0.15, -0.1) is 11.8 Å². The Hall–Kier alpha value is -2.10. The summed E-state index contributed by atoms with van der Waals surface area (Å²) in [5.74, 6) is 2.90. The maximum absolute atomic E-state index is 13.7. The van der Waals surface area contributed by atoms with E-state index in [9.17, 15) is 9.18 Å². The third-order valence-corrected chi connectivity index (χ3v) is 7.46. The van der Waals surface area contributed by atoms with Crippen molar-refractivity contribution in [1.82, 2.24) is 24.9 Å². The molecule has 5 rings (SSSR count). The summed E-state index contributed by atoms with van der Waals surface area (Å²) in [7, 11) is 0. The summed E-state index contributed by atoms with van der Waals surface area (Å²) in [5.41, 5.74) is 1.66. The van der Waals surface area contributed by atoms with Crippen LogP contribution in [0, 0.1) is 12.7 Å². The SMILES string of the molecule is Cc1cc(N2CCN([C@@H]3CN[C@H](C(=O)N4CCSC4)C3)CC2)n(-c2cccc(F)c2)n1. The van der Waals surface area contributed by atoms with Gasteiger partial charge in [-0.1, -0.05) is 6.07 Å². The molecule has 31 heavy (non-hydrogen) atoms. The number of hydrogen-bond donors (Lipinski definition) is 1. The van der Waals surface area contributed by atoms with Gasteiger partial charge < -0.3 is 15.1 Å². The molecule has 3 saturated heterocycles. The maximum atomic E-state index is 13.7. The highest BCUT2D eigenvalue weighted by molar-refractivity contribution is 7.99. The highest BCUT2D eigenvalue weighted by Gasteiger charge is 2.36. The molecule has 2 atom stereocenters. The third-order valence-electron chi connectivity index (χ3n) is 6.49. The summed E-state index contributed by atoms with van der Waals surface area (Å²) in [6.45, 7) is 7.38. The molecular weight excluding hydrogens is 415 g/mol. The van der Waals surface area contributed by atoms with E-state index in [0.29, 0.717) is 6.04 Å². The Morgan fingerprint density at radius 2 is 2.03 bits per heavy atom. The van der Waals surface area contributed by atoms with Gasteiger partial charge >= 0.3 is 0 Å². The first-order valence-electron chi connectivity index (χ1n) is 11.0. The van der Waals surface area contributed by atoms with Gasteiger partial charge in [0.25, 0.3) is 0 Å². The Morgan fingerprint density at radius 1 is 1.19 bits per heavy atom. The molecule has 3 aliphatic heterocycles. The minimum atomic E-state index is -0.258. The van der Waals surface area contributed by atoms with Gasteiger partial charge in [0.2, 0.25) is 5.91 Å². The van der Waals surface area contributed by atoms with E-state index in [2.05, 4.69) is 26.3 Å². The molecule has 7 nitrogen and oxygen atoms in total. The molecular formula is C22H29FN6OS. The van der Waals surface area contributed by atoms with E-state index in [1.54, 1.807) is 6.07 Å². The largest absolute Gasteiger partial charge is 0.354 e. The van der Waals surface area contributed by atoms with E-state index in [-0.39, 0.29) is 17.8 Å². The highest BCUT2D eigenvalue weighted by Crippen LogP contribution is 2.25. The van der Waals surface area contributed by atoms with Crippen molar-refractivity contribution < 1.29 is 9.18 Å². The Kier molecular flexibility index (Phi) is 5.90. The van der Waals surface area contributed by atoms with Crippen molar-refractivity contribution in [1.29, 1.82) is 0 Å². The average molecular weight is 445 g/mol. The number of aryl methyl sites for hydroxylation is 1. The summed E-state index contributed by atoms with van der Waals surface area (Å²) in [5, 5.41) is 8.06. The monoisotopic (exact) mass is 444 g/mol. The molecule has 0 aliphatic carbocycles. The summed E-state index contributed by atoms with van der Waals surface area (Å²) in [4.78, 5) is 19.5. The van der Waals surface area contributed by atoms with Crippen molar-refractivity contribution in [3.05, 3.63) is 41.8 Å². The molecule has 4 heterocycles. The third kappa shape index (κ3) is 4.31. The zero-order chi connectivity index (χ0) is 21.4. The highest BCUT2D eigenvalue weighted by atomic mass is 32.2. The second kappa shape index (κ2) is 8.80. The van der Waals surface area contributed by atoms with Crippen molar-refractivity contribution >= 4 is 23.5 Å². The van der Waals surface area contributed by atoms with E-state index in [1.165, 1.54) is 12.1 Å². The minimum absolute atomic E-state index is 0.0428. The predicted molar refractivity (Wildman–Crippen MR) is 121 cm³/mol. The van der Waals surface area contributed by atoms with Gasteiger partial charge in [0.15, 0.2) is 0 Å². The zero-order valence-corrected chi connectivity index (χ0v) is 18.7. The van der Waals surface area contributed by atoms with Crippen molar-refractivity contribution in [2.45, 2.75) is 25.4 Å². The molecule has 0 unspecified atom stereocenters. The molecule has 0 spiro atoms. The number of thioether (sulfide) groups is 1. The van der Waals surface area contributed by atoms with Crippen molar-refractivity contribution in [2.75, 3.05) is 55.8 Å². The first kappa shape index (κ1) is 20.8. The maximum Gasteiger partial charge on any atom is 0.240 e. The molecule has 166 valence electrons. The second-order valence-electron chi connectivity index (χ2n) is 8.55. The number of rotatable bonds is 4. The lowest BCUT2D eigenvalue weighted by molar-refractivity contribution is -0.131. The van der Waals surface area contributed by atoms with Crippen LogP contribution in [0.5, 0.6) is 0 Å². The van der Waals surface area contributed by atoms with Crippen LogP contribution in [0.1, 0.15) is 12.1 Å². The van der Waals surface area contributed by atoms with Crippen LogP contribution in [0.3, 0.4) is 0 Å². The lowest BCUT2D eigenvalue weighted by Crippen LogP contribution is -2.51. The molecule has 1 amide bonds. The van der Waals surface area contributed by atoms with Gasteiger partial charge in [-0.25, -0.2) is 9.07 Å². The molecule has 1 aromatic carbocycles. The van der Waals surface area contributed by atoms with Crippen molar-refractivity contribution in [2.24, 2.45) is 0 Å². The van der Waals surface area contributed by atoms with Crippen LogP contribution in [0.15, 0.2) is 30.3 Å². The summed E-state index contributed by atoms with van der Waals surface area (Å²) in [6.07, 6.45) is 0.889. The first-order valence-corrected chi connectivity index (χ1v) is 12.2. The quantitative estimate of drug-likeness (QED) is 0.775. The van der Waals surface area contributed by atoms with Crippen molar-refractivity contribution in [3.8, 4) is 5.69 Å². The zero-order valence-electron chi connectivity index (χ0n) is 17.8. The Morgan fingerprint density at radius 3 is 2.77 bits per heavy atom.